The van der Waals surface area contributed by atoms with Gasteiger partial charge in [-0.15, -0.1) is 0 Å². The number of carbonyl (C=O) groups excluding carboxylic acids is 2. The number of rotatable bonds is 5. The first-order valence-corrected chi connectivity index (χ1v) is 9.08. The molecule has 0 N–H and O–H groups in total. The van der Waals surface area contributed by atoms with Crippen LogP contribution in [0.25, 0.3) is 0 Å². The highest BCUT2D eigenvalue weighted by molar-refractivity contribution is 5.91. The molecule has 0 aromatic rings. The van der Waals surface area contributed by atoms with Crippen molar-refractivity contribution < 1.29 is 14.3 Å². The first-order chi connectivity index (χ1) is 11.0. The molecule has 1 aliphatic carbocycles. The molecule has 1 aliphatic rings. The zero-order valence-electron chi connectivity index (χ0n) is 16.9. The van der Waals surface area contributed by atoms with E-state index in [1.807, 2.05) is 13.8 Å². The molecule has 0 saturated heterocycles. The fourth-order valence-electron chi connectivity index (χ4n) is 2.99. The zero-order chi connectivity index (χ0) is 18.9. The Morgan fingerprint density at radius 3 is 2.00 bits per heavy atom. The van der Waals surface area contributed by atoms with E-state index in [2.05, 4.69) is 41.5 Å². The number of amides is 1. The summed E-state index contributed by atoms with van der Waals surface area (Å²) in [6.07, 6.45) is 3.36. The van der Waals surface area contributed by atoms with Crippen molar-refractivity contribution in [1.82, 2.24) is 4.90 Å². The second kappa shape index (κ2) is 10.5. The molecule has 4 heteroatoms. The monoisotopic (exact) mass is 339 g/mol. The molecule has 0 aliphatic heterocycles. The lowest BCUT2D eigenvalue weighted by Crippen LogP contribution is -2.37. The molecule has 1 rings (SSSR count). The van der Waals surface area contributed by atoms with Crippen LogP contribution in [0.4, 0.5) is 4.79 Å². The molecule has 24 heavy (non-hydrogen) atoms. The maximum absolute atomic E-state index is 11.5. The molecule has 0 aromatic carbocycles. The average Bonchev–Trinajstić information content (AvgIpc) is 2.34. The topological polar surface area (TPSA) is 46.6 Å². The molecule has 0 unspecified atom stereocenters. The first-order valence-electron chi connectivity index (χ1n) is 9.08. The van der Waals surface area contributed by atoms with Crippen LogP contribution < -0.4 is 0 Å². The highest BCUT2D eigenvalue weighted by Gasteiger charge is 2.25. The minimum Gasteiger partial charge on any atom is -0.450 e. The lowest BCUT2D eigenvalue weighted by Gasteiger charge is -2.27. The van der Waals surface area contributed by atoms with E-state index in [9.17, 15) is 9.59 Å². The van der Waals surface area contributed by atoms with Crippen molar-refractivity contribution in [2.24, 2.45) is 17.3 Å². The minimum absolute atomic E-state index is 0.185. The van der Waals surface area contributed by atoms with Gasteiger partial charge in [-0.2, -0.15) is 0 Å². The molecule has 1 amide bonds. The van der Waals surface area contributed by atoms with E-state index in [0.717, 1.165) is 19.5 Å². The number of nitrogens with zero attached hydrogens (tertiary/aromatic N) is 1. The van der Waals surface area contributed by atoms with Crippen LogP contribution in [0.1, 0.15) is 68.2 Å². The summed E-state index contributed by atoms with van der Waals surface area (Å²) in [5.74, 6) is 1.25. The Hall–Kier alpha value is -1.32. The molecule has 0 saturated carbocycles. The lowest BCUT2D eigenvalue weighted by molar-refractivity contribution is -0.117. The van der Waals surface area contributed by atoms with Crippen molar-refractivity contribution in [3.63, 3.8) is 0 Å². The van der Waals surface area contributed by atoms with E-state index in [4.69, 9.17) is 4.74 Å². The third-order valence-electron chi connectivity index (χ3n) is 3.51. The molecule has 4 nitrogen and oxygen atoms in total. The van der Waals surface area contributed by atoms with E-state index >= 15 is 0 Å². The molecule has 140 valence electrons. The highest BCUT2D eigenvalue weighted by Crippen LogP contribution is 2.32. The van der Waals surface area contributed by atoms with Crippen LogP contribution in [0.3, 0.4) is 0 Å². The molecule has 0 radical (unpaired) electrons. The van der Waals surface area contributed by atoms with E-state index in [1.165, 1.54) is 5.57 Å². The SMILES string of the molecule is CC1=CC(=O)CC(C)(C)C1.CCOC(=O)N(CC(C)C)CC(C)C. The standard InChI is InChI=1S/C11H23NO2.C9H14O/c1-6-14-11(13)12(7-9(2)3)8-10(4)5;1-7-4-8(10)6-9(2,3)5-7/h9-10H,6-8H2,1-5H3;4H,5-6H2,1-3H3. The number of ether oxygens (including phenoxy) is 1. The maximum atomic E-state index is 11.5. The lowest BCUT2D eigenvalue weighted by atomic mass is 9.77. The zero-order valence-corrected chi connectivity index (χ0v) is 16.9. The largest absolute Gasteiger partial charge is 0.450 e. The number of ketones is 1. The Morgan fingerprint density at radius 1 is 1.17 bits per heavy atom. The number of allylic oxidation sites excluding steroid dienone is 2. The molecular formula is C20H37NO3. The average molecular weight is 340 g/mol. The Kier molecular flexibility index (Phi) is 9.95. The maximum Gasteiger partial charge on any atom is 0.409 e. The van der Waals surface area contributed by atoms with Crippen LogP contribution in [-0.4, -0.2) is 36.5 Å². The third kappa shape index (κ3) is 10.5. The first kappa shape index (κ1) is 22.7. The van der Waals surface area contributed by atoms with Gasteiger partial charge in [0.2, 0.25) is 0 Å². The Balaban J connectivity index is 0.000000463. The van der Waals surface area contributed by atoms with Crippen molar-refractivity contribution >= 4 is 11.9 Å². The van der Waals surface area contributed by atoms with Gasteiger partial charge < -0.3 is 9.64 Å². The van der Waals surface area contributed by atoms with E-state index in [-0.39, 0.29) is 17.3 Å². The van der Waals surface area contributed by atoms with Crippen molar-refractivity contribution in [2.75, 3.05) is 19.7 Å². The summed E-state index contributed by atoms with van der Waals surface area (Å²) in [6.45, 7) is 18.6. The molecule has 0 heterocycles. The predicted octanol–water partition coefficient (Wildman–Crippen LogP) is 5.08. The van der Waals surface area contributed by atoms with Crippen LogP contribution in [0.2, 0.25) is 0 Å². The van der Waals surface area contributed by atoms with Gasteiger partial charge in [0.25, 0.3) is 0 Å². The summed E-state index contributed by atoms with van der Waals surface area (Å²) >= 11 is 0. The summed E-state index contributed by atoms with van der Waals surface area (Å²) in [7, 11) is 0. The Bertz CT molecular complexity index is 426. The van der Waals surface area contributed by atoms with Crippen LogP contribution in [0, 0.1) is 17.3 Å². The Morgan fingerprint density at radius 2 is 1.67 bits per heavy atom. The van der Waals surface area contributed by atoms with E-state index in [0.29, 0.717) is 24.9 Å². The fraction of sp³-hybridized carbons (Fsp3) is 0.800. The van der Waals surface area contributed by atoms with Crippen molar-refractivity contribution in [1.29, 1.82) is 0 Å². The van der Waals surface area contributed by atoms with Gasteiger partial charge in [-0.3, -0.25) is 4.79 Å². The van der Waals surface area contributed by atoms with Crippen LogP contribution >= 0.6 is 0 Å². The molecule has 0 spiro atoms. The van der Waals surface area contributed by atoms with Gasteiger partial charge >= 0.3 is 6.09 Å². The number of hydrogen-bond acceptors (Lipinski definition) is 3. The molecule has 0 aromatic heterocycles. The van der Waals surface area contributed by atoms with E-state index < -0.39 is 0 Å². The summed E-state index contributed by atoms with van der Waals surface area (Å²) in [5.41, 5.74) is 1.43. The van der Waals surface area contributed by atoms with Gasteiger partial charge in [-0.25, -0.2) is 4.79 Å². The highest BCUT2D eigenvalue weighted by atomic mass is 16.6. The van der Waals surface area contributed by atoms with Crippen molar-refractivity contribution in [3.8, 4) is 0 Å². The fourth-order valence-corrected chi connectivity index (χ4v) is 2.99. The summed E-state index contributed by atoms with van der Waals surface area (Å²) in [5, 5.41) is 0. The number of hydrogen-bond donors (Lipinski definition) is 0. The van der Waals surface area contributed by atoms with E-state index in [1.54, 1.807) is 11.0 Å². The predicted molar refractivity (Wildman–Crippen MR) is 100 cm³/mol. The van der Waals surface area contributed by atoms with Crippen LogP contribution in [0.5, 0.6) is 0 Å². The smallest absolute Gasteiger partial charge is 0.409 e. The molecule has 0 bridgehead atoms. The second-order valence-electron chi connectivity index (χ2n) is 8.37. The van der Waals surface area contributed by atoms with Crippen molar-refractivity contribution in [2.45, 2.75) is 68.2 Å². The normalized spacial score (nSPS) is 16.4. The van der Waals surface area contributed by atoms with Crippen LogP contribution in [0.15, 0.2) is 11.6 Å². The molecule has 0 fully saturated rings. The van der Waals surface area contributed by atoms with Gasteiger partial charge in [0, 0.05) is 19.5 Å². The minimum atomic E-state index is -0.185. The summed E-state index contributed by atoms with van der Waals surface area (Å²) in [6, 6.07) is 0. The molecule has 0 atom stereocenters. The van der Waals surface area contributed by atoms with Gasteiger partial charge in [-0.05, 0) is 43.6 Å². The Labute approximate surface area is 148 Å². The van der Waals surface area contributed by atoms with Crippen molar-refractivity contribution in [3.05, 3.63) is 11.6 Å². The van der Waals surface area contributed by atoms with Gasteiger partial charge in [0.15, 0.2) is 5.78 Å². The quantitative estimate of drug-likeness (QED) is 0.702. The van der Waals surface area contributed by atoms with Crippen LogP contribution in [-0.2, 0) is 9.53 Å². The number of carbonyl (C=O) groups is 2. The summed E-state index contributed by atoms with van der Waals surface area (Å²) in [4.78, 5) is 24.3. The van der Waals surface area contributed by atoms with Gasteiger partial charge in [-0.1, -0.05) is 47.1 Å². The van der Waals surface area contributed by atoms with Gasteiger partial charge in [0.1, 0.15) is 0 Å². The summed E-state index contributed by atoms with van der Waals surface area (Å²) < 4.78 is 4.99. The second-order valence-corrected chi connectivity index (χ2v) is 8.37. The molecular weight excluding hydrogens is 302 g/mol. The van der Waals surface area contributed by atoms with Gasteiger partial charge in [0.05, 0.1) is 6.61 Å². The third-order valence-corrected chi connectivity index (χ3v) is 3.51.